The molecule has 0 heterocycles. The number of halogens is 2. The van der Waals surface area contributed by atoms with E-state index in [0.717, 1.165) is 0 Å². The summed E-state index contributed by atoms with van der Waals surface area (Å²) in [6.45, 7) is -3.23. The van der Waals surface area contributed by atoms with Gasteiger partial charge in [-0.2, -0.15) is 0 Å². The Morgan fingerprint density at radius 2 is 2.67 bits per heavy atom. The summed E-state index contributed by atoms with van der Waals surface area (Å²) in [6, 6.07) is 0. The third kappa shape index (κ3) is 3.82. The summed E-state index contributed by atoms with van der Waals surface area (Å²) >= 11 is 0. The van der Waals surface area contributed by atoms with Crippen LogP contribution in [-0.4, -0.2) is 19.9 Å². The topological polar surface area (TPSA) is 12.0 Å². The lowest BCUT2D eigenvalue weighted by atomic mass is 10.7. The maximum atomic E-state index is 11.3. The van der Waals surface area contributed by atoms with Crippen molar-refractivity contribution in [3.05, 3.63) is 0 Å². The monoisotopic (exact) mass is 98.1 g/mol. The van der Waals surface area contributed by atoms with Crippen LogP contribution in [0.4, 0.5) is 8.78 Å². The smallest absolute Gasteiger partial charge is 0.250 e. The molecule has 0 saturated carbocycles. The molecule has 3 heteroatoms. The van der Waals surface area contributed by atoms with Gasteiger partial charge >= 0.3 is 0 Å². The van der Waals surface area contributed by atoms with Gasteiger partial charge in [-0.1, -0.05) is 0 Å². The first-order valence-corrected chi connectivity index (χ1v) is 1.45. The average molecular weight is 98.1 g/mol. The third-order valence-electron chi connectivity index (χ3n) is 0.256. The molecule has 6 heavy (non-hydrogen) atoms. The first-order valence-electron chi connectivity index (χ1n) is 2.95. The fraction of sp³-hybridized carbons (Fsp3) is 1.00. The van der Waals surface area contributed by atoms with Crippen molar-refractivity contribution >= 4 is 0 Å². The molecule has 0 aromatic heterocycles. The molecule has 0 amide bonds. The van der Waals surface area contributed by atoms with Gasteiger partial charge in [0.15, 0.2) is 0 Å². The molecule has 0 spiro atoms. The van der Waals surface area contributed by atoms with Crippen molar-refractivity contribution < 1.29 is 12.9 Å². The lowest BCUT2D eigenvalue weighted by molar-refractivity contribution is 0.149. The van der Waals surface area contributed by atoms with Crippen molar-refractivity contribution in [1.82, 2.24) is 5.32 Å². The predicted octanol–water partition coefficient (Wildman–Crippen LogP) is 0.471. The molecule has 38 valence electrons. The van der Waals surface area contributed by atoms with E-state index < -0.39 is 19.9 Å². The van der Waals surface area contributed by atoms with Gasteiger partial charge in [-0.3, -0.25) is 0 Å². The molecule has 0 fully saturated rings. The van der Waals surface area contributed by atoms with Crippen LogP contribution in [0.2, 0.25) is 0 Å². The highest BCUT2D eigenvalue weighted by Crippen LogP contribution is 1.84. The van der Waals surface area contributed by atoms with E-state index in [0.29, 0.717) is 0 Å². The summed E-state index contributed by atoms with van der Waals surface area (Å²) in [6.07, 6.45) is -2.61. The minimum Gasteiger partial charge on any atom is -0.315 e. The molecule has 0 aromatic rings. The van der Waals surface area contributed by atoms with Crippen LogP contribution >= 0.6 is 0 Å². The molecule has 0 unspecified atom stereocenters. The minimum atomic E-state index is -2.61. The largest absolute Gasteiger partial charge is 0.315 e. The maximum absolute atomic E-state index is 11.3. The van der Waals surface area contributed by atoms with E-state index in [1.54, 1.807) is 5.32 Å². The molecule has 0 aliphatic rings. The maximum Gasteiger partial charge on any atom is 0.250 e. The van der Waals surface area contributed by atoms with Gasteiger partial charge in [0.1, 0.15) is 0 Å². The van der Waals surface area contributed by atoms with Crippen molar-refractivity contribution in [3.63, 3.8) is 0 Å². The van der Waals surface area contributed by atoms with Crippen LogP contribution in [-0.2, 0) is 0 Å². The van der Waals surface area contributed by atoms with Crippen LogP contribution in [0.5, 0.6) is 0 Å². The first-order chi connectivity index (χ1) is 3.92. The Labute approximate surface area is 39.6 Å². The van der Waals surface area contributed by atoms with Crippen molar-refractivity contribution in [2.75, 3.05) is 13.5 Å². The molecule has 0 aromatic carbocycles. The average Bonchev–Trinajstić information content (AvgIpc) is 1.59. The molecule has 0 bridgehead atoms. The zero-order valence-electron chi connectivity index (χ0n) is 6.04. The minimum absolute atomic E-state index is 0.781. The number of nitrogens with one attached hydrogen (secondary N) is 1. The molecule has 0 radical (unpaired) electrons. The second kappa shape index (κ2) is 3.03. The highest BCUT2D eigenvalue weighted by Gasteiger charge is 1.94. The van der Waals surface area contributed by atoms with Crippen molar-refractivity contribution in [1.29, 1.82) is 0 Å². The summed E-state index contributed by atoms with van der Waals surface area (Å²) < 4.78 is 41.7. The molecular weight excluding hydrogens is 88.0 g/mol. The standard InChI is InChI=1S/C3H7F2N/c1-6-2-3(4)5/h3,6H,2H2,1H3/i1D3. The Kier molecular flexibility index (Phi) is 1.12. The normalized spacial score (nSPS) is 19.5. The third-order valence-corrected chi connectivity index (χ3v) is 0.256. The van der Waals surface area contributed by atoms with E-state index in [2.05, 4.69) is 0 Å². The van der Waals surface area contributed by atoms with Crippen LogP contribution in [0, 0.1) is 0 Å². The number of alkyl halides is 2. The molecule has 0 saturated heterocycles. The van der Waals surface area contributed by atoms with E-state index in [1.807, 2.05) is 0 Å². The zero-order valence-corrected chi connectivity index (χ0v) is 3.04. The van der Waals surface area contributed by atoms with Crippen molar-refractivity contribution in [2.24, 2.45) is 0 Å². The van der Waals surface area contributed by atoms with Gasteiger partial charge in [0.2, 0.25) is 0 Å². The zero-order chi connectivity index (χ0) is 7.49. The van der Waals surface area contributed by atoms with Gasteiger partial charge in [-0.25, -0.2) is 8.78 Å². The van der Waals surface area contributed by atoms with E-state index >= 15 is 0 Å². The van der Waals surface area contributed by atoms with Gasteiger partial charge in [0, 0.05) is 4.11 Å². The van der Waals surface area contributed by atoms with Crippen molar-refractivity contribution in [3.8, 4) is 0 Å². The van der Waals surface area contributed by atoms with Crippen LogP contribution in [0.1, 0.15) is 4.11 Å². The molecule has 1 nitrogen and oxygen atoms in total. The summed E-state index contributed by atoms with van der Waals surface area (Å²) in [5.74, 6) is 0. The molecule has 0 rings (SSSR count). The van der Waals surface area contributed by atoms with Crippen LogP contribution in [0.25, 0.3) is 0 Å². The van der Waals surface area contributed by atoms with Gasteiger partial charge in [0.05, 0.1) is 6.54 Å². The fourth-order valence-electron chi connectivity index (χ4n) is 0.0772. The fourth-order valence-corrected chi connectivity index (χ4v) is 0.0772. The molecule has 0 aliphatic heterocycles. The second-order valence-corrected chi connectivity index (χ2v) is 0.772. The summed E-state index contributed by atoms with van der Waals surface area (Å²) in [4.78, 5) is 0. The highest BCUT2D eigenvalue weighted by molar-refractivity contribution is 4.37. The van der Waals surface area contributed by atoms with Crippen LogP contribution < -0.4 is 5.32 Å². The number of hydrogen-bond donors (Lipinski definition) is 1. The van der Waals surface area contributed by atoms with E-state index in [9.17, 15) is 8.78 Å². The van der Waals surface area contributed by atoms with Gasteiger partial charge in [-0.15, -0.1) is 0 Å². The van der Waals surface area contributed by atoms with Gasteiger partial charge < -0.3 is 5.32 Å². The highest BCUT2D eigenvalue weighted by atomic mass is 19.3. The second-order valence-electron chi connectivity index (χ2n) is 0.772. The molecular formula is C3H7F2N. The Hall–Kier alpha value is -0.180. The Balaban J connectivity index is 3.28. The summed E-state index contributed by atoms with van der Waals surface area (Å²) in [7, 11) is 0. The van der Waals surface area contributed by atoms with E-state index in [-0.39, 0.29) is 0 Å². The quantitative estimate of drug-likeness (QED) is 0.529. The van der Waals surface area contributed by atoms with E-state index in [1.165, 1.54) is 0 Å². The lowest BCUT2D eigenvalue weighted by Gasteiger charge is -1.91. The summed E-state index contributed by atoms with van der Waals surface area (Å²) in [5, 5.41) is 1.67. The molecule has 0 atom stereocenters. The molecule has 1 N–H and O–H groups in total. The van der Waals surface area contributed by atoms with Crippen LogP contribution in [0.15, 0.2) is 0 Å². The number of rotatable bonds is 2. The van der Waals surface area contributed by atoms with Gasteiger partial charge in [0.25, 0.3) is 6.43 Å². The molecule has 0 aliphatic carbocycles. The van der Waals surface area contributed by atoms with Gasteiger partial charge in [-0.05, 0) is 6.98 Å². The van der Waals surface area contributed by atoms with Crippen LogP contribution in [0.3, 0.4) is 0 Å². The number of hydrogen-bond acceptors (Lipinski definition) is 1. The lowest BCUT2D eigenvalue weighted by Crippen LogP contribution is -2.15. The Morgan fingerprint density at radius 1 is 2.00 bits per heavy atom. The van der Waals surface area contributed by atoms with Crippen molar-refractivity contribution in [2.45, 2.75) is 6.43 Å². The SMILES string of the molecule is [2H]C([2H])([2H])NCC(F)F. The first kappa shape index (κ1) is 2.21. The predicted molar refractivity (Wildman–Crippen MR) is 19.9 cm³/mol. The van der Waals surface area contributed by atoms with E-state index in [4.69, 9.17) is 4.11 Å². The Bertz CT molecular complexity index is 81.6. The summed E-state index contributed by atoms with van der Waals surface area (Å²) in [5.41, 5.74) is 0. The Morgan fingerprint density at radius 3 is 2.83 bits per heavy atom.